The summed E-state index contributed by atoms with van der Waals surface area (Å²) in [5, 5.41) is 4.58. The summed E-state index contributed by atoms with van der Waals surface area (Å²) < 4.78 is 13.5. The van der Waals surface area contributed by atoms with E-state index in [1.807, 2.05) is 54.6 Å². The van der Waals surface area contributed by atoms with Gasteiger partial charge in [-0.3, -0.25) is 9.36 Å². The zero-order valence-electron chi connectivity index (χ0n) is 16.6. The van der Waals surface area contributed by atoms with Gasteiger partial charge < -0.3 is 14.5 Å². The molecule has 1 atom stereocenters. The highest BCUT2D eigenvalue weighted by Crippen LogP contribution is 2.30. The second-order valence-electron chi connectivity index (χ2n) is 7.52. The molecular weight excluding hydrogens is 400 g/mol. The molecule has 5 nitrogen and oxygen atoms in total. The number of pyridine rings is 1. The Bertz CT molecular complexity index is 1230. The average Bonchev–Trinajstić information content (AvgIpc) is 3.09. The third-order valence-electron chi connectivity index (χ3n) is 5.40. The average molecular weight is 423 g/mol. The zero-order chi connectivity index (χ0) is 19.8. The van der Waals surface area contributed by atoms with Crippen molar-refractivity contribution in [3.05, 3.63) is 94.1 Å². The molecule has 0 bridgehead atoms. The van der Waals surface area contributed by atoms with Crippen molar-refractivity contribution in [3.8, 4) is 11.4 Å². The van der Waals surface area contributed by atoms with Gasteiger partial charge in [-0.25, -0.2) is 0 Å². The van der Waals surface area contributed by atoms with Crippen LogP contribution >= 0.6 is 12.4 Å². The van der Waals surface area contributed by atoms with Gasteiger partial charge in [-0.1, -0.05) is 30.3 Å². The van der Waals surface area contributed by atoms with E-state index in [1.54, 1.807) is 10.8 Å². The van der Waals surface area contributed by atoms with E-state index in [1.165, 1.54) is 11.6 Å². The van der Waals surface area contributed by atoms with Crippen LogP contribution in [0.4, 0.5) is 0 Å². The standard InChI is InChI=1S/C24H22N2O3.ClH/c1-16-11-22-21(14-25-16)20-8-7-18(12-23(20)29-22)26-10-9-19(13-24(26)27)28-15-17-5-3-2-4-6-17;/h2-10,12-13,16,25H,11,14-15H2,1H3;1H/t16-;/m0./s1. The van der Waals surface area contributed by atoms with Gasteiger partial charge >= 0.3 is 0 Å². The molecule has 0 unspecified atom stereocenters. The lowest BCUT2D eigenvalue weighted by Gasteiger charge is -2.18. The minimum Gasteiger partial charge on any atom is -0.489 e. The number of aromatic nitrogens is 1. The maximum atomic E-state index is 12.7. The van der Waals surface area contributed by atoms with Crippen LogP contribution < -0.4 is 15.6 Å². The second kappa shape index (κ2) is 8.38. The molecule has 0 aliphatic carbocycles. The van der Waals surface area contributed by atoms with E-state index in [0.717, 1.165) is 40.9 Å². The molecule has 1 aliphatic heterocycles. The van der Waals surface area contributed by atoms with Gasteiger partial charge in [0, 0.05) is 48.3 Å². The van der Waals surface area contributed by atoms with Gasteiger partial charge in [0.15, 0.2) is 0 Å². The predicted molar refractivity (Wildman–Crippen MR) is 120 cm³/mol. The van der Waals surface area contributed by atoms with E-state index in [-0.39, 0.29) is 18.0 Å². The lowest BCUT2D eigenvalue weighted by atomic mass is 10.0. The van der Waals surface area contributed by atoms with E-state index in [4.69, 9.17) is 9.15 Å². The van der Waals surface area contributed by atoms with Gasteiger partial charge in [-0.15, -0.1) is 12.4 Å². The smallest absolute Gasteiger partial charge is 0.258 e. The molecule has 1 aliphatic rings. The normalized spacial score (nSPS) is 15.4. The first-order chi connectivity index (χ1) is 14.2. The Morgan fingerprint density at radius 1 is 1.13 bits per heavy atom. The van der Waals surface area contributed by atoms with Crippen molar-refractivity contribution in [2.45, 2.75) is 32.5 Å². The molecule has 3 heterocycles. The second-order valence-corrected chi connectivity index (χ2v) is 7.52. The first kappa shape index (κ1) is 20.3. The molecule has 1 N–H and O–H groups in total. The summed E-state index contributed by atoms with van der Waals surface area (Å²) in [7, 11) is 0. The molecule has 4 aromatic rings. The SMILES string of the molecule is C[C@H]1Cc2oc3cc(-n4ccc(OCc5ccccc5)cc4=O)ccc3c2CN1.Cl. The summed E-state index contributed by atoms with van der Waals surface area (Å²) in [6.07, 6.45) is 2.63. The predicted octanol–water partition coefficient (Wildman–Crippen LogP) is 4.62. The largest absolute Gasteiger partial charge is 0.489 e. The number of ether oxygens (including phenoxy) is 1. The fourth-order valence-corrected chi connectivity index (χ4v) is 3.83. The van der Waals surface area contributed by atoms with Crippen molar-refractivity contribution < 1.29 is 9.15 Å². The van der Waals surface area contributed by atoms with Gasteiger partial charge in [0.25, 0.3) is 5.56 Å². The van der Waals surface area contributed by atoms with Gasteiger partial charge in [0.05, 0.1) is 5.69 Å². The molecule has 2 aromatic carbocycles. The summed E-state index contributed by atoms with van der Waals surface area (Å²) in [6, 6.07) is 19.6. The Balaban J connectivity index is 0.00000218. The highest BCUT2D eigenvalue weighted by Gasteiger charge is 2.21. The summed E-state index contributed by atoms with van der Waals surface area (Å²) in [5.41, 5.74) is 3.75. The van der Waals surface area contributed by atoms with Crippen LogP contribution in [0, 0.1) is 0 Å². The molecule has 2 aromatic heterocycles. The fourth-order valence-electron chi connectivity index (χ4n) is 3.83. The van der Waals surface area contributed by atoms with Crippen molar-refractivity contribution in [2.75, 3.05) is 0 Å². The lowest BCUT2D eigenvalue weighted by molar-refractivity contribution is 0.305. The number of rotatable bonds is 4. The molecular formula is C24H23ClN2O3. The van der Waals surface area contributed by atoms with E-state index in [9.17, 15) is 4.79 Å². The van der Waals surface area contributed by atoms with Crippen LogP contribution in [0.1, 0.15) is 23.8 Å². The number of hydrogen-bond donors (Lipinski definition) is 1. The minimum atomic E-state index is -0.137. The van der Waals surface area contributed by atoms with Crippen LogP contribution in [0.25, 0.3) is 16.7 Å². The number of halogens is 1. The molecule has 30 heavy (non-hydrogen) atoms. The minimum absolute atomic E-state index is 0. The molecule has 0 radical (unpaired) electrons. The van der Waals surface area contributed by atoms with Crippen LogP contribution in [-0.4, -0.2) is 10.6 Å². The van der Waals surface area contributed by atoms with Gasteiger partial charge in [0.1, 0.15) is 23.7 Å². The van der Waals surface area contributed by atoms with Gasteiger partial charge in [-0.2, -0.15) is 0 Å². The number of fused-ring (bicyclic) bond motifs is 3. The van der Waals surface area contributed by atoms with Crippen molar-refractivity contribution in [3.63, 3.8) is 0 Å². The fraction of sp³-hybridized carbons (Fsp3) is 0.208. The molecule has 0 saturated carbocycles. The Morgan fingerprint density at radius 3 is 2.77 bits per heavy atom. The summed E-state index contributed by atoms with van der Waals surface area (Å²) in [6.45, 7) is 3.40. The Hall–Kier alpha value is -3.02. The number of nitrogens with one attached hydrogen (secondary N) is 1. The molecule has 0 saturated heterocycles. The first-order valence-electron chi connectivity index (χ1n) is 9.85. The van der Waals surface area contributed by atoms with Crippen molar-refractivity contribution in [1.82, 2.24) is 9.88 Å². The highest BCUT2D eigenvalue weighted by atomic mass is 35.5. The Labute approximate surface area is 180 Å². The van der Waals surface area contributed by atoms with Crippen LogP contribution in [0.5, 0.6) is 5.75 Å². The van der Waals surface area contributed by atoms with Crippen molar-refractivity contribution in [1.29, 1.82) is 0 Å². The van der Waals surface area contributed by atoms with Crippen LogP contribution in [0.15, 0.2) is 76.1 Å². The summed E-state index contributed by atoms with van der Waals surface area (Å²) >= 11 is 0. The van der Waals surface area contributed by atoms with Crippen LogP contribution in [-0.2, 0) is 19.6 Å². The topological polar surface area (TPSA) is 56.4 Å². The maximum absolute atomic E-state index is 12.7. The van der Waals surface area contributed by atoms with Crippen LogP contribution in [0.2, 0.25) is 0 Å². The Morgan fingerprint density at radius 2 is 1.97 bits per heavy atom. The number of nitrogens with zero attached hydrogens (tertiary/aromatic N) is 1. The van der Waals surface area contributed by atoms with E-state index in [2.05, 4.69) is 12.2 Å². The number of furan rings is 1. The molecule has 0 amide bonds. The number of benzene rings is 2. The molecule has 154 valence electrons. The first-order valence-corrected chi connectivity index (χ1v) is 9.85. The Kier molecular flexibility index (Phi) is 5.66. The van der Waals surface area contributed by atoms with Gasteiger partial charge in [0.2, 0.25) is 0 Å². The summed E-state index contributed by atoms with van der Waals surface area (Å²) in [5.74, 6) is 1.60. The maximum Gasteiger partial charge on any atom is 0.258 e. The van der Waals surface area contributed by atoms with E-state index < -0.39 is 0 Å². The van der Waals surface area contributed by atoms with Crippen LogP contribution in [0.3, 0.4) is 0 Å². The number of hydrogen-bond acceptors (Lipinski definition) is 4. The van der Waals surface area contributed by atoms with Crippen molar-refractivity contribution in [2.24, 2.45) is 0 Å². The molecule has 0 fully saturated rings. The highest BCUT2D eigenvalue weighted by molar-refractivity contribution is 5.85. The zero-order valence-corrected chi connectivity index (χ0v) is 17.4. The van der Waals surface area contributed by atoms with E-state index in [0.29, 0.717) is 18.4 Å². The third kappa shape index (κ3) is 3.86. The van der Waals surface area contributed by atoms with E-state index >= 15 is 0 Å². The molecule has 5 rings (SSSR count). The quantitative estimate of drug-likeness (QED) is 0.521. The summed E-state index contributed by atoms with van der Waals surface area (Å²) in [4.78, 5) is 12.7. The molecule has 0 spiro atoms. The molecule has 6 heteroatoms. The van der Waals surface area contributed by atoms with Crippen molar-refractivity contribution >= 4 is 23.4 Å². The lowest BCUT2D eigenvalue weighted by Crippen LogP contribution is -2.32. The third-order valence-corrected chi connectivity index (χ3v) is 5.40. The monoisotopic (exact) mass is 422 g/mol. The van der Waals surface area contributed by atoms with Gasteiger partial charge in [-0.05, 0) is 30.7 Å².